The van der Waals surface area contributed by atoms with E-state index >= 15 is 0 Å². The van der Waals surface area contributed by atoms with E-state index in [0.717, 1.165) is 11.3 Å². The zero-order valence-electron chi connectivity index (χ0n) is 9.46. The van der Waals surface area contributed by atoms with Crippen LogP contribution in [0.1, 0.15) is 38.5 Å². The van der Waals surface area contributed by atoms with Crippen molar-refractivity contribution < 1.29 is 14.4 Å². The summed E-state index contributed by atoms with van der Waals surface area (Å²) in [6, 6.07) is 0. The topological polar surface area (TPSA) is 103 Å². The van der Waals surface area contributed by atoms with Crippen molar-refractivity contribution in [3.63, 3.8) is 0 Å². The standard InChI is InChI=1S/C10H14N4O3/c11-13-12-7-3-1-2-4-8(15)14-9(16)5-6-10(14)17/h1-7H2. The fourth-order valence-electron chi connectivity index (χ4n) is 1.65. The highest BCUT2D eigenvalue weighted by Gasteiger charge is 2.33. The maximum atomic E-state index is 11.6. The van der Waals surface area contributed by atoms with Crippen LogP contribution >= 0.6 is 0 Å². The summed E-state index contributed by atoms with van der Waals surface area (Å²) in [6.45, 7) is 0.409. The zero-order valence-corrected chi connectivity index (χ0v) is 9.46. The summed E-state index contributed by atoms with van der Waals surface area (Å²) in [5.74, 6) is -1.20. The number of azide groups is 1. The smallest absolute Gasteiger partial charge is 0.236 e. The lowest BCUT2D eigenvalue weighted by Crippen LogP contribution is -2.35. The second-order valence-electron chi connectivity index (χ2n) is 3.78. The normalized spacial score (nSPS) is 14.9. The van der Waals surface area contributed by atoms with Gasteiger partial charge in [0, 0.05) is 30.7 Å². The van der Waals surface area contributed by atoms with Crippen molar-refractivity contribution in [3.8, 4) is 0 Å². The number of hydrogen-bond donors (Lipinski definition) is 0. The maximum Gasteiger partial charge on any atom is 0.236 e. The van der Waals surface area contributed by atoms with Crippen LogP contribution in [0.4, 0.5) is 0 Å². The van der Waals surface area contributed by atoms with Crippen LogP contribution in [-0.4, -0.2) is 29.2 Å². The summed E-state index contributed by atoms with van der Waals surface area (Å²) in [6.07, 6.45) is 2.51. The molecule has 17 heavy (non-hydrogen) atoms. The molecule has 3 amide bonds. The first-order valence-electron chi connectivity index (χ1n) is 5.56. The molecule has 0 aromatic carbocycles. The van der Waals surface area contributed by atoms with Crippen LogP contribution in [0.2, 0.25) is 0 Å². The zero-order chi connectivity index (χ0) is 12.7. The maximum absolute atomic E-state index is 11.6. The monoisotopic (exact) mass is 238 g/mol. The SMILES string of the molecule is [N-]=[N+]=NCCCCCC(=O)N1C(=O)CCC1=O. The summed E-state index contributed by atoms with van der Waals surface area (Å²) < 4.78 is 0. The van der Waals surface area contributed by atoms with Crippen LogP contribution in [0.3, 0.4) is 0 Å². The third-order valence-corrected chi connectivity index (χ3v) is 2.51. The quantitative estimate of drug-likeness (QED) is 0.230. The first-order chi connectivity index (χ1) is 8.16. The molecule has 1 rings (SSSR count). The van der Waals surface area contributed by atoms with Crippen molar-refractivity contribution in [2.45, 2.75) is 38.5 Å². The van der Waals surface area contributed by atoms with Crippen molar-refractivity contribution in [2.75, 3.05) is 6.54 Å². The predicted molar refractivity (Wildman–Crippen MR) is 58.6 cm³/mol. The second kappa shape index (κ2) is 6.65. The van der Waals surface area contributed by atoms with Gasteiger partial charge in [-0.15, -0.1) is 0 Å². The van der Waals surface area contributed by atoms with Crippen LogP contribution in [0.15, 0.2) is 5.11 Å². The molecule has 0 bridgehead atoms. The van der Waals surface area contributed by atoms with Gasteiger partial charge in [0.15, 0.2) is 0 Å². The third-order valence-electron chi connectivity index (χ3n) is 2.51. The van der Waals surface area contributed by atoms with Gasteiger partial charge in [0.1, 0.15) is 0 Å². The van der Waals surface area contributed by atoms with E-state index in [9.17, 15) is 14.4 Å². The van der Waals surface area contributed by atoms with Gasteiger partial charge in [-0.2, -0.15) is 0 Å². The van der Waals surface area contributed by atoms with Crippen LogP contribution in [-0.2, 0) is 14.4 Å². The number of unbranched alkanes of at least 4 members (excludes halogenated alkanes) is 2. The second-order valence-corrected chi connectivity index (χ2v) is 3.78. The predicted octanol–water partition coefficient (Wildman–Crippen LogP) is 1.53. The molecule has 0 spiro atoms. The van der Waals surface area contributed by atoms with Crippen LogP contribution in [0.25, 0.3) is 10.4 Å². The van der Waals surface area contributed by atoms with Gasteiger partial charge in [0.2, 0.25) is 17.7 Å². The Balaban J connectivity index is 2.23. The number of amides is 3. The lowest BCUT2D eigenvalue weighted by Gasteiger charge is -2.10. The summed E-state index contributed by atoms with van der Waals surface area (Å²) in [5, 5.41) is 3.37. The van der Waals surface area contributed by atoms with Gasteiger partial charge in [0.05, 0.1) is 0 Å². The van der Waals surface area contributed by atoms with Crippen LogP contribution < -0.4 is 0 Å². The number of nitrogens with zero attached hydrogens (tertiary/aromatic N) is 4. The van der Waals surface area contributed by atoms with Gasteiger partial charge in [0.25, 0.3) is 0 Å². The number of hydrogen-bond acceptors (Lipinski definition) is 4. The van der Waals surface area contributed by atoms with Gasteiger partial charge < -0.3 is 0 Å². The molecule has 0 aliphatic carbocycles. The molecule has 0 saturated carbocycles. The lowest BCUT2D eigenvalue weighted by atomic mass is 10.2. The van der Waals surface area contributed by atoms with E-state index in [-0.39, 0.29) is 19.3 Å². The number of imide groups is 3. The number of carbonyl (C=O) groups is 3. The summed E-state index contributed by atoms with van der Waals surface area (Å²) >= 11 is 0. The molecule has 0 unspecified atom stereocenters. The van der Waals surface area contributed by atoms with Gasteiger partial charge in [-0.1, -0.05) is 11.5 Å². The van der Waals surface area contributed by atoms with Gasteiger partial charge in [-0.3, -0.25) is 14.4 Å². The Morgan fingerprint density at radius 1 is 1.24 bits per heavy atom. The highest BCUT2D eigenvalue weighted by Crippen LogP contribution is 2.14. The molecule has 0 atom stereocenters. The van der Waals surface area contributed by atoms with Crippen molar-refractivity contribution in [1.82, 2.24) is 4.90 Å². The molecule has 0 aromatic heterocycles. The van der Waals surface area contributed by atoms with E-state index in [1.807, 2.05) is 0 Å². The number of likely N-dealkylation sites (tertiary alicyclic amines) is 1. The minimum atomic E-state index is -0.415. The van der Waals surface area contributed by atoms with Gasteiger partial charge in [-0.25, -0.2) is 4.90 Å². The number of carbonyl (C=O) groups excluding carboxylic acids is 3. The fourth-order valence-corrected chi connectivity index (χ4v) is 1.65. The molecule has 0 aromatic rings. The molecule has 1 heterocycles. The highest BCUT2D eigenvalue weighted by atomic mass is 16.2. The third kappa shape index (κ3) is 3.88. The van der Waals surface area contributed by atoms with E-state index in [1.165, 1.54) is 0 Å². The van der Waals surface area contributed by atoms with Gasteiger partial charge in [-0.05, 0) is 18.4 Å². The highest BCUT2D eigenvalue weighted by molar-refractivity contribution is 6.14. The van der Waals surface area contributed by atoms with Crippen molar-refractivity contribution in [2.24, 2.45) is 5.11 Å². The van der Waals surface area contributed by atoms with E-state index < -0.39 is 17.7 Å². The van der Waals surface area contributed by atoms with E-state index in [0.29, 0.717) is 19.4 Å². The Kier molecular flexibility index (Phi) is 5.16. The molecule has 0 radical (unpaired) electrons. The lowest BCUT2D eigenvalue weighted by molar-refractivity contribution is -0.149. The van der Waals surface area contributed by atoms with E-state index in [1.54, 1.807) is 0 Å². The molecule has 1 aliphatic rings. The fraction of sp³-hybridized carbons (Fsp3) is 0.700. The van der Waals surface area contributed by atoms with Gasteiger partial charge >= 0.3 is 0 Å². The Bertz CT molecular complexity index is 358. The molecule has 1 saturated heterocycles. The van der Waals surface area contributed by atoms with Crippen molar-refractivity contribution in [3.05, 3.63) is 10.4 Å². The molecule has 7 heteroatoms. The molecule has 1 aliphatic heterocycles. The first-order valence-corrected chi connectivity index (χ1v) is 5.56. The molecule has 0 N–H and O–H groups in total. The van der Waals surface area contributed by atoms with E-state index in [4.69, 9.17) is 5.53 Å². The minimum absolute atomic E-state index is 0.140. The molecular weight excluding hydrogens is 224 g/mol. The average Bonchev–Trinajstić information content (AvgIpc) is 2.63. The van der Waals surface area contributed by atoms with Crippen LogP contribution in [0.5, 0.6) is 0 Å². The Hall–Kier alpha value is -1.88. The average molecular weight is 238 g/mol. The first kappa shape index (κ1) is 13.2. The van der Waals surface area contributed by atoms with Crippen molar-refractivity contribution in [1.29, 1.82) is 0 Å². The Labute approximate surface area is 98.4 Å². The Morgan fingerprint density at radius 3 is 2.47 bits per heavy atom. The summed E-state index contributed by atoms with van der Waals surface area (Å²) in [7, 11) is 0. The summed E-state index contributed by atoms with van der Waals surface area (Å²) in [4.78, 5) is 37.4. The molecule has 1 fully saturated rings. The Morgan fingerprint density at radius 2 is 1.88 bits per heavy atom. The summed E-state index contributed by atoms with van der Waals surface area (Å²) in [5.41, 5.74) is 8.04. The molecule has 7 nitrogen and oxygen atoms in total. The molecule has 92 valence electrons. The van der Waals surface area contributed by atoms with E-state index in [2.05, 4.69) is 10.0 Å². The largest absolute Gasteiger partial charge is 0.274 e. The van der Waals surface area contributed by atoms with Crippen LogP contribution in [0, 0.1) is 0 Å². The minimum Gasteiger partial charge on any atom is -0.274 e. The van der Waals surface area contributed by atoms with Crippen molar-refractivity contribution >= 4 is 17.7 Å². The number of rotatable bonds is 6. The molecular formula is C10H14N4O3.